The monoisotopic (exact) mass is 295 g/mol. The van der Waals surface area contributed by atoms with Crippen LogP contribution in [0.2, 0.25) is 0 Å². The molecule has 0 radical (unpaired) electrons. The van der Waals surface area contributed by atoms with Crippen molar-refractivity contribution in [3.8, 4) is 0 Å². The number of anilines is 1. The Bertz CT molecular complexity index is 600. The van der Waals surface area contributed by atoms with E-state index in [-0.39, 0.29) is 11.8 Å². The summed E-state index contributed by atoms with van der Waals surface area (Å²) in [7, 11) is -3.20. The molecule has 0 N–H and O–H groups in total. The highest BCUT2D eigenvalue weighted by Gasteiger charge is 2.36. The van der Waals surface area contributed by atoms with E-state index in [2.05, 4.69) is 28.6 Å². The molecular formula is C14H21N3O2S. The van der Waals surface area contributed by atoms with Crippen LogP contribution in [0.4, 0.5) is 5.82 Å². The van der Waals surface area contributed by atoms with Crippen molar-refractivity contribution in [2.24, 2.45) is 0 Å². The van der Waals surface area contributed by atoms with Gasteiger partial charge in [0.1, 0.15) is 10.7 Å². The van der Waals surface area contributed by atoms with Gasteiger partial charge in [-0.05, 0) is 32.4 Å². The van der Waals surface area contributed by atoms with Gasteiger partial charge in [0.2, 0.25) is 0 Å². The van der Waals surface area contributed by atoms with Crippen molar-refractivity contribution in [3.63, 3.8) is 0 Å². The van der Waals surface area contributed by atoms with Crippen LogP contribution in [0.1, 0.15) is 20.3 Å². The maximum Gasteiger partial charge on any atom is 0.182 e. The number of hydrogen-bond donors (Lipinski definition) is 0. The molecular weight excluding hydrogens is 274 g/mol. The molecule has 2 aliphatic heterocycles. The summed E-state index contributed by atoms with van der Waals surface area (Å²) in [5.74, 6) is 0.872. The second-order valence-corrected chi connectivity index (χ2v) is 7.95. The molecule has 1 aromatic heterocycles. The van der Waals surface area contributed by atoms with Gasteiger partial charge in [0, 0.05) is 37.9 Å². The number of hydrogen-bond acceptors (Lipinski definition) is 5. The average molecular weight is 295 g/mol. The van der Waals surface area contributed by atoms with Crippen molar-refractivity contribution < 1.29 is 8.42 Å². The minimum atomic E-state index is -3.20. The smallest absolute Gasteiger partial charge is 0.182 e. The molecule has 1 saturated heterocycles. The summed E-state index contributed by atoms with van der Waals surface area (Å²) in [5.41, 5.74) is 0. The zero-order chi connectivity index (χ0) is 14.3. The number of aromatic nitrogens is 1. The second-order valence-electron chi connectivity index (χ2n) is 5.87. The Morgan fingerprint density at radius 2 is 2.15 bits per heavy atom. The number of piperazine rings is 1. The van der Waals surface area contributed by atoms with Crippen LogP contribution in [0.25, 0.3) is 0 Å². The Balaban J connectivity index is 1.99. The van der Waals surface area contributed by atoms with Crippen LogP contribution in [-0.4, -0.2) is 55.8 Å². The maximum absolute atomic E-state index is 12.4. The largest absolute Gasteiger partial charge is 0.350 e. The lowest BCUT2D eigenvalue weighted by Crippen LogP contribution is -2.55. The first-order valence-electron chi connectivity index (χ1n) is 7.17. The van der Waals surface area contributed by atoms with Gasteiger partial charge in [-0.15, -0.1) is 0 Å². The number of fused-ring (bicyclic) bond motifs is 3. The number of rotatable bonds is 1. The first-order valence-corrected chi connectivity index (χ1v) is 8.83. The molecule has 0 spiro atoms. The van der Waals surface area contributed by atoms with Crippen LogP contribution in [0.3, 0.4) is 0 Å². The Morgan fingerprint density at radius 1 is 1.35 bits per heavy atom. The lowest BCUT2D eigenvalue weighted by molar-refractivity contribution is 0.178. The van der Waals surface area contributed by atoms with Crippen molar-refractivity contribution >= 4 is 15.7 Å². The van der Waals surface area contributed by atoms with E-state index in [0.717, 1.165) is 19.6 Å². The van der Waals surface area contributed by atoms with Gasteiger partial charge in [0.05, 0.1) is 5.75 Å². The van der Waals surface area contributed by atoms with Gasteiger partial charge in [-0.1, -0.05) is 0 Å². The van der Waals surface area contributed by atoms with E-state index < -0.39 is 9.84 Å². The maximum atomic E-state index is 12.4. The summed E-state index contributed by atoms with van der Waals surface area (Å²) in [6.07, 6.45) is 2.37. The van der Waals surface area contributed by atoms with Crippen LogP contribution >= 0.6 is 0 Å². The molecule has 3 rings (SSSR count). The van der Waals surface area contributed by atoms with Crippen LogP contribution in [-0.2, 0) is 9.84 Å². The Hall–Kier alpha value is -1.14. The Labute approximate surface area is 120 Å². The van der Waals surface area contributed by atoms with Gasteiger partial charge in [0.15, 0.2) is 9.84 Å². The Morgan fingerprint density at radius 3 is 2.90 bits per heavy atom. The second kappa shape index (κ2) is 5.00. The Kier molecular flexibility index (Phi) is 3.46. The van der Waals surface area contributed by atoms with Gasteiger partial charge >= 0.3 is 0 Å². The molecule has 20 heavy (non-hydrogen) atoms. The fourth-order valence-corrected chi connectivity index (χ4v) is 4.65. The van der Waals surface area contributed by atoms with Gasteiger partial charge < -0.3 is 4.90 Å². The molecule has 1 fully saturated rings. The molecule has 6 heteroatoms. The zero-order valence-electron chi connectivity index (χ0n) is 12.0. The quantitative estimate of drug-likeness (QED) is 0.778. The molecule has 0 bridgehead atoms. The zero-order valence-corrected chi connectivity index (χ0v) is 12.8. The number of pyridine rings is 1. The molecule has 2 aliphatic rings. The van der Waals surface area contributed by atoms with E-state index in [1.807, 2.05) is 0 Å². The molecule has 0 aromatic carbocycles. The van der Waals surface area contributed by atoms with Crippen molar-refractivity contribution in [2.45, 2.75) is 37.2 Å². The molecule has 5 nitrogen and oxygen atoms in total. The third-order valence-electron chi connectivity index (χ3n) is 4.32. The standard InChI is InChI=1S/C14H21N3O2S/c1-11(2)16-7-8-17-12(10-16)5-9-20(18,19)13-4-3-6-15-14(13)17/h3-4,6,11-12H,5,7-10H2,1-2H3/t12-/m1/s1. The molecule has 0 aliphatic carbocycles. The summed E-state index contributed by atoms with van der Waals surface area (Å²) in [4.78, 5) is 9.37. The van der Waals surface area contributed by atoms with Crippen LogP contribution < -0.4 is 4.90 Å². The lowest BCUT2D eigenvalue weighted by Gasteiger charge is -2.43. The fraction of sp³-hybridized carbons (Fsp3) is 0.643. The molecule has 110 valence electrons. The van der Waals surface area contributed by atoms with E-state index in [1.54, 1.807) is 18.3 Å². The third kappa shape index (κ3) is 2.31. The van der Waals surface area contributed by atoms with Gasteiger partial charge in [-0.25, -0.2) is 13.4 Å². The van der Waals surface area contributed by atoms with Crippen molar-refractivity contribution in [2.75, 3.05) is 30.3 Å². The first-order chi connectivity index (χ1) is 9.49. The minimum absolute atomic E-state index is 0.221. The number of nitrogens with zero attached hydrogens (tertiary/aromatic N) is 3. The predicted octanol–water partition coefficient (Wildman–Crippen LogP) is 1.16. The third-order valence-corrected chi connectivity index (χ3v) is 6.08. The molecule has 1 atom stereocenters. The van der Waals surface area contributed by atoms with E-state index in [1.165, 1.54) is 0 Å². The summed E-state index contributed by atoms with van der Waals surface area (Å²) in [6.45, 7) is 7.11. The van der Waals surface area contributed by atoms with E-state index in [4.69, 9.17) is 0 Å². The van der Waals surface area contributed by atoms with Crippen molar-refractivity contribution in [1.29, 1.82) is 0 Å². The molecule has 3 heterocycles. The van der Waals surface area contributed by atoms with E-state index in [0.29, 0.717) is 23.2 Å². The average Bonchev–Trinajstić information content (AvgIpc) is 2.55. The highest BCUT2D eigenvalue weighted by atomic mass is 32.2. The van der Waals surface area contributed by atoms with Crippen LogP contribution in [0.5, 0.6) is 0 Å². The summed E-state index contributed by atoms with van der Waals surface area (Å²) >= 11 is 0. The SMILES string of the molecule is CC(C)N1CCN2c3ncccc3S(=O)(=O)CC[C@@H]2C1. The normalized spacial score (nSPS) is 25.9. The van der Waals surface area contributed by atoms with Gasteiger partial charge in [0.25, 0.3) is 0 Å². The molecule has 0 amide bonds. The van der Waals surface area contributed by atoms with Gasteiger partial charge in [-0.3, -0.25) is 4.90 Å². The van der Waals surface area contributed by atoms with E-state index in [9.17, 15) is 8.42 Å². The predicted molar refractivity (Wildman–Crippen MR) is 78.7 cm³/mol. The van der Waals surface area contributed by atoms with Crippen molar-refractivity contribution in [1.82, 2.24) is 9.88 Å². The lowest BCUT2D eigenvalue weighted by atomic mass is 10.1. The molecule has 0 unspecified atom stereocenters. The molecule has 1 aromatic rings. The summed E-state index contributed by atoms with van der Waals surface area (Å²) in [5, 5.41) is 0. The van der Waals surface area contributed by atoms with Crippen LogP contribution in [0, 0.1) is 0 Å². The van der Waals surface area contributed by atoms with Crippen LogP contribution in [0.15, 0.2) is 23.2 Å². The number of sulfone groups is 1. The first kappa shape index (κ1) is 13.8. The molecule has 0 saturated carbocycles. The van der Waals surface area contributed by atoms with Crippen molar-refractivity contribution in [3.05, 3.63) is 18.3 Å². The van der Waals surface area contributed by atoms with E-state index >= 15 is 0 Å². The highest BCUT2D eigenvalue weighted by molar-refractivity contribution is 7.91. The summed E-state index contributed by atoms with van der Waals surface area (Å²) in [6, 6.07) is 4.15. The minimum Gasteiger partial charge on any atom is -0.350 e. The van der Waals surface area contributed by atoms with Gasteiger partial charge in [-0.2, -0.15) is 0 Å². The topological polar surface area (TPSA) is 53.5 Å². The highest BCUT2D eigenvalue weighted by Crippen LogP contribution is 2.32. The fourth-order valence-electron chi connectivity index (χ4n) is 3.12. The summed E-state index contributed by atoms with van der Waals surface area (Å²) < 4.78 is 24.7.